The van der Waals surface area contributed by atoms with Gasteiger partial charge in [0.2, 0.25) is 0 Å². The first-order chi connectivity index (χ1) is 14.5. The molecule has 2 N–H and O–H groups in total. The van der Waals surface area contributed by atoms with Crippen LogP contribution in [-0.4, -0.2) is 80.9 Å². The lowest BCUT2D eigenvalue weighted by molar-refractivity contribution is -0.122. The van der Waals surface area contributed by atoms with Gasteiger partial charge in [-0.15, -0.1) is 0 Å². The standard InChI is InChI=1S/C20H29N5O2.CH2O2/c1-15-17(6-7-21-15)20(26)25-10-11-27-18(14-24-8-4-3-5-9-24)19(25)16-12-22-23(2)13-16;2-1-3/h6-7,12-13,18-19,21H,3-5,8-11,14H2,1-2H3;1H,(H,2,3)/t18-,19-;/m0./s1. The number of rotatable bonds is 4. The Kier molecular flexibility index (Phi) is 7.64. The molecule has 2 aromatic heterocycles. The van der Waals surface area contributed by atoms with E-state index in [1.807, 2.05) is 43.5 Å². The van der Waals surface area contributed by atoms with Crippen LogP contribution in [0, 0.1) is 6.92 Å². The van der Waals surface area contributed by atoms with Crippen LogP contribution in [0.15, 0.2) is 24.7 Å². The molecule has 0 saturated carbocycles. The Bertz CT molecular complexity index is 827. The van der Waals surface area contributed by atoms with Crippen molar-refractivity contribution in [3.05, 3.63) is 41.5 Å². The van der Waals surface area contributed by atoms with Crippen molar-refractivity contribution < 1.29 is 19.4 Å². The molecular weight excluding hydrogens is 386 g/mol. The van der Waals surface area contributed by atoms with Gasteiger partial charge in [-0.05, 0) is 38.9 Å². The second kappa shape index (κ2) is 10.4. The number of carbonyl (C=O) groups excluding carboxylic acids is 1. The van der Waals surface area contributed by atoms with Crippen molar-refractivity contribution >= 4 is 12.4 Å². The second-order valence-electron chi connectivity index (χ2n) is 7.78. The van der Waals surface area contributed by atoms with Crippen LogP contribution in [0.25, 0.3) is 0 Å². The van der Waals surface area contributed by atoms with Crippen molar-refractivity contribution in [1.29, 1.82) is 0 Å². The van der Waals surface area contributed by atoms with Gasteiger partial charge in [-0.1, -0.05) is 6.42 Å². The van der Waals surface area contributed by atoms with E-state index in [4.69, 9.17) is 14.6 Å². The Hall–Kier alpha value is -2.65. The Morgan fingerprint density at radius 2 is 2.07 bits per heavy atom. The molecule has 2 aliphatic heterocycles. The van der Waals surface area contributed by atoms with Gasteiger partial charge in [-0.3, -0.25) is 14.3 Å². The number of nitrogens with zero attached hydrogens (tertiary/aromatic N) is 4. The number of hydrogen-bond donors (Lipinski definition) is 2. The van der Waals surface area contributed by atoms with Crippen molar-refractivity contribution in [2.75, 3.05) is 32.8 Å². The van der Waals surface area contributed by atoms with Crippen molar-refractivity contribution in [1.82, 2.24) is 24.6 Å². The van der Waals surface area contributed by atoms with E-state index >= 15 is 0 Å². The lowest BCUT2D eigenvalue weighted by Crippen LogP contribution is -2.52. The Morgan fingerprint density at radius 1 is 1.33 bits per heavy atom. The van der Waals surface area contributed by atoms with Gasteiger partial charge >= 0.3 is 0 Å². The van der Waals surface area contributed by atoms with Gasteiger partial charge in [0.15, 0.2) is 0 Å². The zero-order valence-corrected chi connectivity index (χ0v) is 17.7. The SMILES string of the molecule is Cc1[nH]ccc1C(=O)N1CCO[C@@H](CN2CCCCC2)[C@@H]1c1cnn(C)c1.O=CO. The maximum absolute atomic E-state index is 13.3. The summed E-state index contributed by atoms with van der Waals surface area (Å²) in [6, 6.07) is 1.75. The average Bonchev–Trinajstić information content (AvgIpc) is 3.37. The van der Waals surface area contributed by atoms with Crippen LogP contribution in [0.3, 0.4) is 0 Å². The third-order valence-corrected chi connectivity index (χ3v) is 5.75. The molecule has 0 unspecified atom stereocenters. The van der Waals surface area contributed by atoms with Gasteiger partial charge in [-0.25, -0.2) is 0 Å². The van der Waals surface area contributed by atoms with E-state index in [-0.39, 0.29) is 24.5 Å². The summed E-state index contributed by atoms with van der Waals surface area (Å²) in [6.07, 6.45) is 9.47. The van der Waals surface area contributed by atoms with E-state index in [2.05, 4.69) is 15.0 Å². The smallest absolute Gasteiger partial charge is 0.290 e. The molecule has 2 aromatic rings. The number of likely N-dealkylation sites (tertiary alicyclic amines) is 1. The van der Waals surface area contributed by atoms with E-state index in [9.17, 15) is 4.79 Å². The first-order valence-corrected chi connectivity index (χ1v) is 10.4. The number of aromatic amines is 1. The molecule has 2 saturated heterocycles. The molecule has 2 atom stereocenters. The lowest BCUT2D eigenvalue weighted by atomic mass is 9.98. The van der Waals surface area contributed by atoms with Gasteiger partial charge in [-0.2, -0.15) is 5.10 Å². The highest BCUT2D eigenvalue weighted by molar-refractivity contribution is 5.95. The number of carbonyl (C=O) groups is 2. The minimum atomic E-state index is -0.250. The summed E-state index contributed by atoms with van der Waals surface area (Å²) in [5.74, 6) is 0.0644. The molecule has 0 aromatic carbocycles. The summed E-state index contributed by atoms with van der Waals surface area (Å²) >= 11 is 0. The number of aromatic nitrogens is 3. The predicted molar refractivity (Wildman–Crippen MR) is 111 cm³/mol. The molecule has 164 valence electrons. The highest BCUT2D eigenvalue weighted by atomic mass is 16.5. The van der Waals surface area contributed by atoms with Crippen LogP contribution in [0.4, 0.5) is 0 Å². The molecule has 1 amide bonds. The Labute approximate surface area is 176 Å². The van der Waals surface area contributed by atoms with Gasteiger partial charge < -0.3 is 24.6 Å². The summed E-state index contributed by atoms with van der Waals surface area (Å²) in [6.45, 7) is 5.95. The van der Waals surface area contributed by atoms with Crippen LogP contribution in [0.5, 0.6) is 0 Å². The largest absolute Gasteiger partial charge is 0.483 e. The van der Waals surface area contributed by atoms with Gasteiger partial charge in [0.25, 0.3) is 12.4 Å². The van der Waals surface area contributed by atoms with E-state index in [0.717, 1.165) is 36.5 Å². The maximum Gasteiger partial charge on any atom is 0.290 e. The summed E-state index contributed by atoms with van der Waals surface area (Å²) in [5, 5.41) is 11.2. The highest BCUT2D eigenvalue weighted by Gasteiger charge is 2.38. The molecule has 0 aliphatic carbocycles. The topological polar surface area (TPSA) is 104 Å². The van der Waals surface area contributed by atoms with Crippen molar-refractivity contribution in [3.63, 3.8) is 0 Å². The second-order valence-corrected chi connectivity index (χ2v) is 7.78. The molecule has 0 spiro atoms. The quantitative estimate of drug-likeness (QED) is 0.736. The number of hydrogen-bond acceptors (Lipinski definition) is 5. The van der Waals surface area contributed by atoms with Crippen molar-refractivity contribution in [3.8, 4) is 0 Å². The lowest BCUT2D eigenvalue weighted by Gasteiger charge is -2.43. The number of morpholine rings is 1. The van der Waals surface area contributed by atoms with Crippen LogP contribution in [0.1, 0.15) is 46.9 Å². The van der Waals surface area contributed by atoms with Crippen molar-refractivity contribution in [2.24, 2.45) is 7.05 Å². The van der Waals surface area contributed by atoms with E-state index in [1.54, 1.807) is 4.68 Å². The molecule has 9 heteroatoms. The minimum absolute atomic E-state index is 0.0377. The van der Waals surface area contributed by atoms with Crippen LogP contribution in [0.2, 0.25) is 0 Å². The third kappa shape index (κ3) is 5.09. The van der Waals surface area contributed by atoms with Crippen molar-refractivity contribution in [2.45, 2.75) is 38.3 Å². The molecule has 2 fully saturated rings. The number of H-pyrrole nitrogens is 1. The average molecular weight is 418 g/mol. The molecule has 0 radical (unpaired) electrons. The fourth-order valence-electron chi connectivity index (χ4n) is 4.34. The summed E-state index contributed by atoms with van der Waals surface area (Å²) in [4.78, 5) is 29.3. The number of amides is 1. The molecule has 2 aliphatic rings. The Morgan fingerprint density at radius 3 is 2.67 bits per heavy atom. The fraction of sp³-hybridized carbons (Fsp3) is 0.571. The molecule has 0 bridgehead atoms. The first-order valence-electron chi connectivity index (χ1n) is 10.4. The number of nitrogens with one attached hydrogen (secondary N) is 1. The van der Waals surface area contributed by atoms with Gasteiger partial charge in [0, 0.05) is 43.8 Å². The molecule has 30 heavy (non-hydrogen) atoms. The first kappa shape index (κ1) is 22.0. The monoisotopic (exact) mass is 417 g/mol. The van der Waals surface area contributed by atoms with Crippen LogP contribution >= 0.6 is 0 Å². The zero-order valence-electron chi connectivity index (χ0n) is 17.7. The molecule has 9 nitrogen and oxygen atoms in total. The number of carboxylic acid groups (broad SMARTS) is 1. The molecule has 4 rings (SSSR count). The predicted octanol–water partition coefficient (Wildman–Crippen LogP) is 1.83. The van der Waals surface area contributed by atoms with E-state index in [0.29, 0.717) is 13.2 Å². The normalized spacial score (nSPS) is 22.3. The third-order valence-electron chi connectivity index (χ3n) is 5.75. The summed E-state index contributed by atoms with van der Waals surface area (Å²) in [5.41, 5.74) is 2.69. The van der Waals surface area contributed by atoms with Crippen LogP contribution in [-0.2, 0) is 16.6 Å². The maximum atomic E-state index is 13.3. The number of ether oxygens (including phenoxy) is 1. The number of aryl methyl sites for hydroxylation is 2. The molecular formula is C21H31N5O4. The zero-order chi connectivity index (χ0) is 21.5. The van der Waals surface area contributed by atoms with E-state index in [1.165, 1.54) is 19.3 Å². The fourth-order valence-corrected chi connectivity index (χ4v) is 4.34. The summed E-state index contributed by atoms with van der Waals surface area (Å²) < 4.78 is 8.00. The minimum Gasteiger partial charge on any atom is -0.483 e. The van der Waals surface area contributed by atoms with Gasteiger partial charge in [0.1, 0.15) is 0 Å². The van der Waals surface area contributed by atoms with E-state index < -0.39 is 0 Å². The highest BCUT2D eigenvalue weighted by Crippen LogP contribution is 2.32. The van der Waals surface area contributed by atoms with Gasteiger partial charge in [0.05, 0.1) is 30.5 Å². The summed E-state index contributed by atoms with van der Waals surface area (Å²) in [7, 11) is 1.91. The Balaban J connectivity index is 0.000000806. The van der Waals surface area contributed by atoms with Crippen LogP contribution < -0.4 is 0 Å². The number of piperidine rings is 1. The molecule has 4 heterocycles.